The minimum atomic E-state index is -0.0869. The molecule has 3 rings (SSSR count). The van der Waals surface area contributed by atoms with Crippen molar-refractivity contribution in [2.45, 2.75) is 13.3 Å². The van der Waals surface area contributed by atoms with Crippen molar-refractivity contribution < 1.29 is 9.32 Å². The minimum absolute atomic E-state index is 0.0869. The summed E-state index contributed by atoms with van der Waals surface area (Å²) in [6.07, 6.45) is 0.510. The van der Waals surface area contributed by atoms with E-state index in [1.165, 1.54) is 0 Å². The lowest BCUT2D eigenvalue weighted by atomic mass is 10.1. The molecule has 0 radical (unpaired) electrons. The largest absolute Gasteiger partial charge is 0.352 e. The van der Waals surface area contributed by atoms with E-state index in [0.29, 0.717) is 30.2 Å². The summed E-state index contributed by atoms with van der Waals surface area (Å²) >= 11 is 1.56. The smallest absolute Gasteiger partial charge is 0.251 e. The van der Waals surface area contributed by atoms with E-state index >= 15 is 0 Å². The lowest BCUT2D eigenvalue weighted by Crippen LogP contribution is -2.26. The molecule has 0 bridgehead atoms. The molecule has 5 nitrogen and oxygen atoms in total. The molecule has 0 unspecified atom stereocenters. The van der Waals surface area contributed by atoms with Crippen LogP contribution in [-0.4, -0.2) is 22.6 Å². The zero-order valence-electron chi connectivity index (χ0n) is 12.1. The van der Waals surface area contributed by atoms with Crippen LogP contribution in [0.3, 0.4) is 0 Å². The van der Waals surface area contributed by atoms with Gasteiger partial charge in [-0.2, -0.15) is 4.98 Å². The molecule has 0 aliphatic rings. The standard InChI is InChI=1S/C16H15N3O2S/c1-11-5-2-3-6-12(11)16(20)17-9-8-14-18-15(19-21-14)13-7-4-10-22-13/h2-7,10H,8-9H2,1H3,(H,17,20). The number of amides is 1. The average Bonchev–Trinajstić information content (AvgIpc) is 3.18. The number of nitrogens with zero attached hydrogens (tertiary/aromatic N) is 2. The molecular weight excluding hydrogens is 298 g/mol. The maximum Gasteiger partial charge on any atom is 0.251 e. The molecule has 1 aromatic carbocycles. The van der Waals surface area contributed by atoms with E-state index in [0.717, 1.165) is 10.4 Å². The number of carbonyl (C=O) groups excluding carboxylic acids is 1. The van der Waals surface area contributed by atoms with Gasteiger partial charge in [0.1, 0.15) is 0 Å². The maximum absolute atomic E-state index is 12.1. The number of rotatable bonds is 5. The molecule has 0 saturated heterocycles. The van der Waals surface area contributed by atoms with Crippen molar-refractivity contribution >= 4 is 17.2 Å². The highest BCUT2D eigenvalue weighted by Gasteiger charge is 2.11. The Morgan fingerprint density at radius 1 is 1.27 bits per heavy atom. The summed E-state index contributed by atoms with van der Waals surface area (Å²) in [7, 11) is 0. The second-order valence-electron chi connectivity index (χ2n) is 4.81. The molecule has 0 aliphatic heterocycles. The van der Waals surface area contributed by atoms with Crippen LogP contribution in [0.1, 0.15) is 21.8 Å². The molecule has 1 amide bonds. The van der Waals surface area contributed by atoms with Crippen molar-refractivity contribution in [1.29, 1.82) is 0 Å². The van der Waals surface area contributed by atoms with Gasteiger partial charge in [0.05, 0.1) is 4.88 Å². The van der Waals surface area contributed by atoms with Crippen LogP contribution >= 0.6 is 11.3 Å². The number of aromatic nitrogens is 2. The van der Waals surface area contributed by atoms with Gasteiger partial charge < -0.3 is 9.84 Å². The predicted octanol–water partition coefficient (Wildman–Crippen LogP) is 3.08. The molecule has 2 aromatic heterocycles. The zero-order chi connectivity index (χ0) is 15.4. The highest BCUT2D eigenvalue weighted by atomic mass is 32.1. The fourth-order valence-electron chi connectivity index (χ4n) is 2.07. The van der Waals surface area contributed by atoms with Crippen LogP contribution in [0.4, 0.5) is 0 Å². The Hall–Kier alpha value is -2.47. The number of hydrogen-bond donors (Lipinski definition) is 1. The monoisotopic (exact) mass is 313 g/mol. The molecule has 1 N–H and O–H groups in total. The minimum Gasteiger partial charge on any atom is -0.352 e. The third-order valence-corrected chi connectivity index (χ3v) is 4.09. The first-order valence-electron chi connectivity index (χ1n) is 6.94. The van der Waals surface area contributed by atoms with Gasteiger partial charge in [0, 0.05) is 18.5 Å². The van der Waals surface area contributed by atoms with Crippen molar-refractivity contribution in [1.82, 2.24) is 15.5 Å². The molecule has 0 spiro atoms. The molecule has 3 aromatic rings. The summed E-state index contributed by atoms with van der Waals surface area (Å²) in [5, 5.41) is 8.77. The number of aryl methyl sites for hydroxylation is 1. The van der Waals surface area contributed by atoms with Crippen molar-refractivity contribution in [2.75, 3.05) is 6.54 Å². The van der Waals surface area contributed by atoms with Gasteiger partial charge in [-0.15, -0.1) is 11.3 Å². The van der Waals surface area contributed by atoms with Crippen LogP contribution in [0.5, 0.6) is 0 Å². The summed E-state index contributed by atoms with van der Waals surface area (Å²) in [4.78, 5) is 17.4. The van der Waals surface area contributed by atoms with Gasteiger partial charge in [-0.05, 0) is 30.0 Å². The normalized spacial score (nSPS) is 10.6. The highest BCUT2D eigenvalue weighted by Crippen LogP contribution is 2.21. The molecule has 22 heavy (non-hydrogen) atoms. The number of thiophene rings is 1. The molecule has 0 fully saturated rings. The lowest BCUT2D eigenvalue weighted by Gasteiger charge is -2.05. The molecule has 2 heterocycles. The first-order valence-corrected chi connectivity index (χ1v) is 7.82. The van der Waals surface area contributed by atoms with Crippen molar-refractivity contribution in [3.8, 4) is 10.7 Å². The van der Waals surface area contributed by atoms with Crippen molar-refractivity contribution in [3.05, 3.63) is 58.8 Å². The summed E-state index contributed by atoms with van der Waals surface area (Å²) in [6.45, 7) is 2.37. The van der Waals surface area contributed by atoms with Gasteiger partial charge in [-0.25, -0.2) is 0 Å². The highest BCUT2D eigenvalue weighted by molar-refractivity contribution is 7.13. The van der Waals surface area contributed by atoms with E-state index in [9.17, 15) is 4.79 Å². The summed E-state index contributed by atoms with van der Waals surface area (Å²) in [6, 6.07) is 11.4. The zero-order valence-corrected chi connectivity index (χ0v) is 12.9. The van der Waals surface area contributed by atoms with Gasteiger partial charge in [0.15, 0.2) is 0 Å². The summed E-state index contributed by atoms with van der Waals surface area (Å²) in [5.41, 5.74) is 1.64. The third-order valence-electron chi connectivity index (χ3n) is 3.22. The van der Waals surface area contributed by atoms with Crippen molar-refractivity contribution in [2.24, 2.45) is 0 Å². The average molecular weight is 313 g/mol. The molecule has 6 heteroatoms. The van der Waals surface area contributed by atoms with Crippen LogP contribution in [-0.2, 0) is 6.42 Å². The van der Waals surface area contributed by atoms with E-state index < -0.39 is 0 Å². The van der Waals surface area contributed by atoms with Gasteiger partial charge >= 0.3 is 0 Å². The SMILES string of the molecule is Cc1ccccc1C(=O)NCCc1nc(-c2cccs2)no1. The van der Waals surface area contributed by atoms with E-state index in [-0.39, 0.29) is 5.91 Å². The fourth-order valence-corrected chi connectivity index (χ4v) is 2.72. The number of benzene rings is 1. The molecule has 0 atom stereocenters. The van der Waals surface area contributed by atoms with Gasteiger partial charge in [0.25, 0.3) is 5.91 Å². The Morgan fingerprint density at radius 2 is 2.14 bits per heavy atom. The lowest BCUT2D eigenvalue weighted by molar-refractivity contribution is 0.0953. The number of hydrogen-bond acceptors (Lipinski definition) is 5. The fraction of sp³-hybridized carbons (Fsp3) is 0.188. The molecule has 0 saturated carbocycles. The van der Waals surface area contributed by atoms with Crippen LogP contribution in [0.2, 0.25) is 0 Å². The Kier molecular flexibility index (Phi) is 4.29. The number of nitrogens with one attached hydrogen (secondary N) is 1. The van der Waals surface area contributed by atoms with Crippen LogP contribution in [0.15, 0.2) is 46.3 Å². The Labute approximate surface area is 132 Å². The van der Waals surface area contributed by atoms with Gasteiger partial charge in [-0.3, -0.25) is 4.79 Å². The molecule has 112 valence electrons. The van der Waals surface area contributed by atoms with Crippen LogP contribution in [0, 0.1) is 6.92 Å². The van der Waals surface area contributed by atoms with Crippen LogP contribution < -0.4 is 5.32 Å². The maximum atomic E-state index is 12.1. The number of carbonyl (C=O) groups is 1. The summed E-state index contributed by atoms with van der Waals surface area (Å²) < 4.78 is 5.19. The first kappa shape index (κ1) is 14.5. The second kappa shape index (κ2) is 6.53. The van der Waals surface area contributed by atoms with Gasteiger partial charge in [0.2, 0.25) is 11.7 Å². The van der Waals surface area contributed by atoms with Crippen LogP contribution in [0.25, 0.3) is 10.7 Å². The Bertz CT molecular complexity index is 765. The quantitative estimate of drug-likeness (QED) is 0.786. The van der Waals surface area contributed by atoms with E-state index in [4.69, 9.17) is 4.52 Å². The van der Waals surface area contributed by atoms with Gasteiger partial charge in [-0.1, -0.05) is 29.4 Å². The van der Waals surface area contributed by atoms with Crippen molar-refractivity contribution in [3.63, 3.8) is 0 Å². The second-order valence-corrected chi connectivity index (χ2v) is 5.76. The predicted molar refractivity (Wildman–Crippen MR) is 84.8 cm³/mol. The summed E-state index contributed by atoms with van der Waals surface area (Å²) in [5.74, 6) is 1.03. The molecular formula is C16H15N3O2S. The van der Waals surface area contributed by atoms with E-state index in [1.807, 2.05) is 48.7 Å². The van der Waals surface area contributed by atoms with E-state index in [1.54, 1.807) is 11.3 Å². The Morgan fingerprint density at radius 3 is 2.91 bits per heavy atom. The topological polar surface area (TPSA) is 68.0 Å². The Balaban J connectivity index is 1.55. The first-order chi connectivity index (χ1) is 10.7. The molecule has 0 aliphatic carbocycles. The van der Waals surface area contributed by atoms with E-state index in [2.05, 4.69) is 15.5 Å². The third kappa shape index (κ3) is 3.23.